The molecule has 0 saturated carbocycles. The number of sulfonamides is 1. The van der Waals surface area contributed by atoms with Gasteiger partial charge in [-0.1, -0.05) is 16.8 Å². The average Bonchev–Trinajstić information content (AvgIpc) is 2.96. The number of nitrogens with one attached hydrogen (secondary N) is 1. The van der Waals surface area contributed by atoms with E-state index in [0.29, 0.717) is 34.8 Å². The molecule has 7 nitrogen and oxygen atoms in total. The average molecular weight is 380 g/mol. The maximum Gasteiger partial charge on any atom is 0.263 e. The monoisotopic (exact) mass is 379 g/mol. The van der Waals surface area contributed by atoms with Gasteiger partial charge in [-0.05, 0) is 37.5 Å². The summed E-state index contributed by atoms with van der Waals surface area (Å²) >= 11 is 6.21. The summed E-state index contributed by atoms with van der Waals surface area (Å²) in [5.74, 6) is 0.697. The van der Waals surface area contributed by atoms with Gasteiger partial charge in [-0.15, -0.1) is 0 Å². The lowest BCUT2D eigenvalue weighted by Gasteiger charge is -2.19. The molecular formula is C16H14ClN3O4S. The molecule has 130 valence electrons. The normalized spacial score (nSPS) is 14.2. The minimum Gasteiger partial charge on any atom is -0.493 e. The van der Waals surface area contributed by atoms with Gasteiger partial charge in [0.1, 0.15) is 10.6 Å². The molecule has 0 radical (unpaired) electrons. The van der Waals surface area contributed by atoms with E-state index in [0.717, 1.165) is 18.4 Å². The minimum absolute atomic E-state index is 0.0105. The van der Waals surface area contributed by atoms with Crippen LogP contribution in [0.15, 0.2) is 33.8 Å². The Morgan fingerprint density at radius 2 is 2.12 bits per heavy atom. The summed E-state index contributed by atoms with van der Waals surface area (Å²) in [5, 5.41) is 4.60. The van der Waals surface area contributed by atoms with Gasteiger partial charge in [0.25, 0.3) is 15.7 Å². The molecule has 0 bridgehead atoms. The molecule has 4 rings (SSSR count). The molecule has 0 spiro atoms. The number of rotatable bonds is 3. The van der Waals surface area contributed by atoms with Crippen molar-refractivity contribution in [3.05, 3.63) is 40.7 Å². The smallest absolute Gasteiger partial charge is 0.263 e. The predicted octanol–water partition coefficient (Wildman–Crippen LogP) is 3.31. The first kappa shape index (κ1) is 16.2. The van der Waals surface area contributed by atoms with Crippen LogP contribution in [-0.4, -0.2) is 25.2 Å². The number of benzene rings is 1. The Labute approximate surface area is 149 Å². The van der Waals surface area contributed by atoms with E-state index in [9.17, 15) is 8.42 Å². The maximum absolute atomic E-state index is 12.7. The Morgan fingerprint density at radius 3 is 2.96 bits per heavy atom. The fraction of sp³-hybridized carbons (Fsp3) is 0.250. The molecule has 9 heteroatoms. The van der Waals surface area contributed by atoms with Crippen LogP contribution in [0, 0.1) is 6.92 Å². The van der Waals surface area contributed by atoms with E-state index in [1.807, 2.05) is 0 Å². The standard InChI is InChI=1S/C16H14ClN3O4S/c1-9-12-6-11(8-18-16(12)24-19-9)25(21,22)20-14-5-10-3-2-4-23-15(10)7-13(14)17/h5-8,20H,2-4H2,1H3. The van der Waals surface area contributed by atoms with E-state index in [2.05, 4.69) is 14.9 Å². The Bertz CT molecular complexity index is 1080. The van der Waals surface area contributed by atoms with Crippen molar-refractivity contribution in [1.29, 1.82) is 0 Å². The van der Waals surface area contributed by atoms with Gasteiger partial charge in [0.2, 0.25) is 0 Å². The van der Waals surface area contributed by atoms with Crippen molar-refractivity contribution in [2.45, 2.75) is 24.7 Å². The molecule has 1 aliphatic rings. The number of ether oxygens (including phenoxy) is 1. The van der Waals surface area contributed by atoms with Crippen LogP contribution in [0.25, 0.3) is 11.1 Å². The molecule has 25 heavy (non-hydrogen) atoms. The number of fused-ring (bicyclic) bond motifs is 2. The van der Waals surface area contributed by atoms with Crippen molar-refractivity contribution in [3.63, 3.8) is 0 Å². The molecule has 3 aromatic rings. The second-order valence-electron chi connectivity index (χ2n) is 5.79. The number of hydrogen-bond donors (Lipinski definition) is 1. The first-order chi connectivity index (χ1) is 11.9. The molecule has 0 atom stereocenters. The highest BCUT2D eigenvalue weighted by atomic mass is 35.5. The lowest BCUT2D eigenvalue weighted by atomic mass is 10.1. The molecule has 3 heterocycles. The van der Waals surface area contributed by atoms with E-state index in [-0.39, 0.29) is 9.92 Å². The van der Waals surface area contributed by atoms with Crippen molar-refractivity contribution < 1.29 is 17.7 Å². The topological polar surface area (TPSA) is 94.3 Å². The van der Waals surface area contributed by atoms with E-state index in [4.69, 9.17) is 20.9 Å². The van der Waals surface area contributed by atoms with Crippen LogP contribution in [0.4, 0.5) is 5.69 Å². The van der Waals surface area contributed by atoms with E-state index in [1.165, 1.54) is 12.3 Å². The fourth-order valence-electron chi connectivity index (χ4n) is 2.73. The zero-order valence-electron chi connectivity index (χ0n) is 13.2. The van der Waals surface area contributed by atoms with Crippen molar-refractivity contribution in [3.8, 4) is 5.75 Å². The number of aromatic nitrogens is 2. The zero-order valence-corrected chi connectivity index (χ0v) is 14.8. The molecule has 1 N–H and O–H groups in total. The molecule has 0 saturated heterocycles. The summed E-state index contributed by atoms with van der Waals surface area (Å²) < 4.78 is 38.5. The quantitative estimate of drug-likeness (QED) is 0.750. The summed E-state index contributed by atoms with van der Waals surface area (Å²) in [6.07, 6.45) is 2.92. The maximum atomic E-state index is 12.7. The summed E-state index contributed by atoms with van der Waals surface area (Å²) in [5.41, 5.74) is 2.11. The van der Waals surface area contributed by atoms with Crippen molar-refractivity contribution in [2.24, 2.45) is 0 Å². The van der Waals surface area contributed by atoms with E-state index >= 15 is 0 Å². The van der Waals surface area contributed by atoms with Gasteiger partial charge in [0, 0.05) is 6.07 Å². The largest absolute Gasteiger partial charge is 0.493 e. The second kappa shape index (κ2) is 5.89. The van der Waals surface area contributed by atoms with Crippen LogP contribution in [0.5, 0.6) is 5.75 Å². The molecule has 2 aromatic heterocycles. The lowest BCUT2D eigenvalue weighted by molar-refractivity contribution is 0.288. The van der Waals surface area contributed by atoms with Gasteiger partial charge in [-0.2, -0.15) is 0 Å². The fourth-order valence-corrected chi connectivity index (χ4v) is 4.03. The Kier molecular flexibility index (Phi) is 3.81. The lowest BCUT2D eigenvalue weighted by Crippen LogP contribution is -2.15. The molecule has 1 aromatic carbocycles. The number of pyridine rings is 1. The van der Waals surface area contributed by atoms with Crippen LogP contribution in [0.2, 0.25) is 5.02 Å². The summed E-state index contributed by atoms with van der Waals surface area (Å²) in [6.45, 7) is 2.36. The van der Waals surface area contributed by atoms with Crippen LogP contribution >= 0.6 is 11.6 Å². The third-order valence-electron chi connectivity index (χ3n) is 4.04. The minimum atomic E-state index is -3.86. The third-order valence-corrected chi connectivity index (χ3v) is 5.68. The third kappa shape index (κ3) is 2.91. The molecule has 0 aliphatic carbocycles. The van der Waals surface area contributed by atoms with E-state index in [1.54, 1.807) is 19.1 Å². The summed E-state index contributed by atoms with van der Waals surface area (Å²) in [6, 6.07) is 4.83. The summed E-state index contributed by atoms with van der Waals surface area (Å²) in [4.78, 5) is 4.01. The number of anilines is 1. The van der Waals surface area contributed by atoms with Gasteiger partial charge < -0.3 is 9.26 Å². The summed E-state index contributed by atoms with van der Waals surface area (Å²) in [7, 11) is -3.86. The van der Waals surface area contributed by atoms with Crippen molar-refractivity contribution >= 4 is 38.4 Å². The molecule has 0 amide bonds. The van der Waals surface area contributed by atoms with Gasteiger partial charge in [-0.25, -0.2) is 13.4 Å². The highest BCUT2D eigenvalue weighted by Crippen LogP contribution is 2.35. The predicted molar refractivity (Wildman–Crippen MR) is 92.6 cm³/mol. The molecule has 0 unspecified atom stereocenters. The highest BCUT2D eigenvalue weighted by Gasteiger charge is 2.21. The van der Waals surface area contributed by atoms with Crippen molar-refractivity contribution in [2.75, 3.05) is 11.3 Å². The first-order valence-corrected chi connectivity index (χ1v) is 9.50. The second-order valence-corrected chi connectivity index (χ2v) is 7.88. The Morgan fingerprint density at radius 1 is 1.28 bits per heavy atom. The molecule has 0 fully saturated rings. The molecular weight excluding hydrogens is 366 g/mol. The van der Waals surface area contributed by atoms with Gasteiger partial charge in [0.05, 0.1) is 34.6 Å². The van der Waals surface area contributed by atoms with Crippen molar-refractivity contribution in [1.82, 2.24) is 10.1 Å². The zero-order chi connectivity index (χ0) is 17.6. The van der Waals surface area contributed by atoms with Crippen LogP contribution in [0.3, 0.4) is 0 Å². The Balaban J connectivity index is 1.72. The van der Waals surface area contributed by atoms with Gasteiger partial charge in [-0.3, -0.25) is 4.72 Å². The number of nitrogens with zero attached hydrogens (tertiary/aromatic N) is 2. The van der Waals surface area contributed by atoms with Crippen LogP contribution in [0.1, 0.15) is 17.7 Å². The van der Waals surface area contributed by atoms with Crippen LogP contribution in [-0.2, 0) is 16.4 Å². The number of hydrogen-bond acceptors (Lipinski definition) is 6. The van der Waals surface area contributed by atoms with Crippen LogP contribution < -0.4 is 9.46 Å². The van der Waals surface area contributed by atoms with Gasteiger partial charge in [0.15, 0.2) is 0 Å². The van der Waals surface area contributed by atoms with Gasteiger partial charge >= 0.3 is 0 Å². The highest BCUT2D eigenvalue weighted by molar-refractivity contribution is 7.92. The first-order valence-electron chi connectivity index (χ1n) is 7.64. The van der Waals surface area contributed by atoms with E-state index < -0.39 is 10.0 Å². The number of aryl methyl sites for hydroxylation is 2. The number of halogens is 1. The molecule has 1 aliphatic heterocycles. The SMILES string of the molecule is Cc1noc2ncc(S(=O)(=O)Nc3cc4c(cc3Cl)OCCC4)cc12. The Hall–Kier alpha value is -2.32.